The van der Waals surface area contributed by atoms with E-state index in [1.807, 2.05) is 0 Å². The number of thioether (sulfide) groups is 1. The van der Waals surface area contributed by atoms with Crippen molar-refractivity contribution in [2.24, 2.45) is 23.3 Å². The number of aromatic nitrogens is 2. The lowest BCUT2D eigenvalue weighted by molar-refractivity contribution is -0.149. The number of nitrogens with two attached hydrogens (primary N) is 2. The van der Waals surface area contributed by atoms with Gasteiger partial charge in [-0.2, -0.15) is 11.8 Å². The van der Waals surface area contributed by atoms with Crippen molar-refractivity contribution in [2.45, 2.75) is 241 Å². The first-order chi connectivity index (χ1) is 62.7. The molecule has 0 radical (unpaired) electrons. The molecule has 45 heteroatoms. The summed E-state index contributed by atoms with van der Waals surface area (Å²) in [7, 11) is 0. The van der Waals surface area contributed by atoms with Crippen molar-refractivity contribution in [3.63, 3.8) is 0 Å². The number of hydrogen-bond donors (Lipinski definition) is 22. The van der Waals surface area contributed by atoms with E-state index >= 15 is 9.59 Å². The van der Waals surface area contributed by atoms with Gasteiger partial charge in [-0.25, -0.2) is 9.78 Å². The van der Waals surface area contributed by atoms with Gasteiger partial charge in [-0.1, -0.05) is 100 Å². The summed E-state index contributed by atoms with van der Waals surface area (Å²) in [5.74, 6) is -21.9. The van der Waals surface area contributed by atoms with Gasteiger partial charge in [0.15, 0.2) is 0 Å². The topological polar surface area (TPSA) is 689 Å². The predicted octanol–water partition coefficient (Wildman–Crippen LogP) is -3.49. The van der Waals surface area contributed by atoms with Gasteiger partial charge in [0.1, 0.15) is 90.3 Å². The van der Waals surface area contributed by atoms with Gasteiger partial charge in [-0.3, -0.25) is 86.3 Å². The molecule has 0 saturated carbocycles. The molecule has 0 spiro atoms. The van der Waals surface area contributed by atoms with Crippen LogP contribution in [0.2, 0.25) is 0 Å². The standard InChI is InChI=1S/C87H123N19O25S/c1-47(2)35-58(77(120)95-56(28-29-70(111)112)76(119)102-64(38-50-17-9-7-10-18-50)85(128)105-32-15-22-66(105)83(126)104-73(49(5)107)84(127)103-65(39-51-19-11-8-12-20-51)86(129)106-33-16-23-67(106)87(130)131)96-78(121)59(36-48(3)4)97-79(122)60(37-52-24-26-54(108)27-25-52)98-80(123)61(40-53-44-90-46-92-53)99-81(124)63(42-72(115)116)101-82(125)62(41-71(113)114)100-75(118)55(21-13-14-31-88)94-69(110)45-91-74(117)57(30-34-132-6)93-68(109)43-89/h7-12,17-20,24-27,44,46-49,55-67,73,107-108H,13-16,21-23,28-43,45,88-89H2,1-6H3,(H,90,92)(H,91,117)(H,93,109)(H,94,110)(H,95,120)(H,96,121)(H,97,122)(H,98,123)(H,99,124)(H,100,118)(H,101,125)(H,102,119)(H,103,127)(H,104,126)(H,111,112)(H,113,114)(H,115,116)(H,130,131)/t49-,55+,56+,57+,58+,59+,60+,61+,62+,63+,64+,65+,66+,67+,73+/m1/s1. The third-order valence-corrected chi connectivity index (χ3v) is 22.2. The van der Waals surface area contributed by atoms with Gasteiger partial charge in [0.25, 0.3) is 0 Å². The molecule has 0 unspecified atom stereocenters. The molecule has 2 saturated heterocycles. The molecule has 1 aromatic heterocycles. The largest absolute Gasteiger partial charge is 0.508 e. The molecule has 15 atom stereocenters. The molecule has 4 aromatic rings. The van der Waals surface area contributed by atoms with Crippen LogP contribution in [0.1, 0.15) is 147 Å². The van der Waals surface area contributed by atoms with E-state index in [4.69, 9.17) is 11.5 Å². The molecule has 15 amide bonds. The van der Waals surface area contributed by atoms with Crippen LogP contribution in [-0.2, 0) is 117 Å². The number of carboxylic acid groups (broad SMARTS) is 4. The maximum absolute atomic E-state index is 15.2. The van der Waals surface area contributed by atoms with Crippen LogP contribution < -0.4 is 80.6 Å². The number of aliphatic carboxylic acids is 4. The molecule has 2 aliphatic heterocycles. The van der Waals surface area contributed by atoms with Gasteiger partial charge >= 0.3 is 23.9 Å². The van der Waals surface area contributed by atoms with Crippen molar-refractivity contribution in [1.82, 2.24) is 88.9 Å². The summed E-state index contributed by atoms with van der Waals surface area (Å²) in [6.07, 6.45) is -1.52. The van der Waals surface area contributed by atoms with Crippen LogP contribution in [0.3, 0.4) is 0 Å². The zero-order chi connectivity index (χ0) is 97.4. The molecule has 24 N–H and O–H groups in total. The van der Waals surface area contributed by atoms with Gasteiger partial charge in [0.05, 0.1) is 44.1 Å². The van der Waals surface area contributed by atoms with Crippen molar-refractivity contribution >= 4 is 124 Å². The van der Waals surface area contributed by atoms with Crippen LogP contribution in [0, 0.1) is 11.8 Å². The summed E-state index contributed by atoms with van der Waals surface area (Å²) >= 11 is 1.37. The maximum Gasteiger partial charge on any atom is 0.326 e. The molecule has 722 valence electrons. The number of amides is 15. The Morgan fingerprint density at radius 2 is 0.871 bits per heavy atom. The van der Waals surface area contributed by atoms with Crippen LogP contribution in [0.15, 0.2) is 97.5 Å². The molecule has 132 heavy (non-hydrogen) atoms. The highest BCUT2D eigenvalue weighted by atomic mass is 32.2. The number of nitrogens with one attached hydrogen (secondary N) is 14. The maximum atomic E-state index is 15.2. The van der Waals surface area contributed by atoms with E-state index in [0.29, 0.717) is 29.7 Å². The number of phenols is 1. The van der Waals surface area contributed by atoms with Crippen LogP contribution >= 0.6 is 11.8 Å². The molecular weight excluding hydrogens is 1740 g/mol. The fourth-order valence-electron chi connectivity index (χ4n) is 14.8. The van der Waals surface area contributed by atoms with Gasteiger partial charge in [-0.15, -0.1) is 0 Å². The molecule has 6 rings (SSSR count). The van der Waals surface area contributed by atoms with Crippen molar-refractivity contribution < 1.29 is 122 Å². The minimum Gasteiger partial charge on any atom is -0.508 e. The number of rotatable bonds is 56. The van der Waals surface area contributed by atoms with E-state index in [1.165, 1.54) is 55.5 Å². The number of carbonyl (C=O) groups excluding carboxylic acids is 15. The average molecular weight is 1870 g/mol. The summed E-state index contributed by atoms with van der Waals surface area (Å²) in [4.78, 5) is 273. The number of likely N-dealkylation sites (tertiary alicyclic amines) is 2. The summed E-state index contributed by atoms with van der Waals surface area (Å²) in [6.45, 7) is 6.91. The average Bonchev–Trinajstić information content (AvgIpc) is 1.60. The number of phenolic OH excluding ortho intramolecular Hbond substituents is 1. The van der Waals surface area contributed by atoms with E-state index in [-0.39, 0.29) is 101 Å². The number of aliphatic hydroxyl groups excluding tert-OH is 1. The van der Waals surface area contributed by atoms with Gasteiger partial charge < -0.3 is 126 Å². The quantitative estimate of drug-likeness (QED) is 0.0191. The van der Waals surface area contributed by atoms with Crippen molar-refractivity contribution in [2.75, 3.05) is 44.7 Å². The Morgan fingerprint density at radius 1 is 0.455 bits per heavy atom. The van der Waals surface area contributed by atoms with Crippen LogP contribution in [0.4, 0.5) is 0 Å². The third kappa shape index (κ3) is 35.9. The Morgan fingerprint density at radius 3 is 1.33 bits per heavy atom. The van der Waals surface area contributed by atoms with Crippen LogP contribution in [0.5, 0.6) is 5.75 Å². The fourth-order valence-corrected chi connectivity index (χ4v) is 15.3. The van der Waals surface area contributed by atoms with Crippen LogP contribution in [-0.4, -0.2) is 298 Å². The lowest BCUT2D eigenvalue weighted by Crippen LogP contribution is -2.62. The summed E-state index contributed by atoms with van der Waals surface area (Å²) < 4.78 is 0. The predicted molar refractivity (Wildman–Crippen MR) is 475 cm³/mol. The number of unbranched alkanes of at least 4 members (excludes halogenated alkanes) is 1. The number of aromatic hydroxyl groups is 1. The number of hydrogen-bond acceptors (Lipinski definition) is 25. The van der Waals surface area contributed by atoms with E-state index in [2.05, 4.69) is 79.1 Å². The number of carbonyl (C=O) groups is 19. The van der Waals surface area contributed by atoms with E-state index in [0.717, 1.165) is 9.80 Å². The number of benzene rings is 3. The number of nitrogens with zero attached hydrogens (tertiary/aromatic N) is 3. The second-order valence-electron chi connectivity index (χ2n) is 33.1. The molecule has 3 heterocycles. The first-order valence-electron chi connectivity index (χ1n) is 43.5. The normalized spacial score (nSPS) is 16.4. The number of imidazole rings is 1. The van der Waals surface area contributed by atoms with Crippen molar-refractivity contribution in [1.29, 1.82) is 0 Å². The Bertz CT molecular complexity index is 4610. The number of carboxylic acids is 4. The Labute approximate surface area is 765 Å². The second kappa shape index (κ2) is 54.5. The smallest absolute Gasteiger partial charge is 0.326 e. The molecule has 44 nitrogen and oxygen atoms in total. The Balaban J connectivity index is 1.23. The van der Waals surface area contributed by atoms with Crippen molar-refractivity contribution in [3.8, 4) is 5.75 Å². The molecule has 3 aromatic carbocycles. The summed E-state index contributed by atoms with van der Waals surface area (Å²) in [6, 6.07) is -0.529. The van der Waals surface area contributed by atoms with E-state index in [1.54, 1.807) is 94.6 Å². The van der Waals surface area contributed by atoms with Gasteiger partial charge in [-0.05, 0) is 137 Å². The molecule has 0 bridgehead atoms. The Hall–Kier alpha value is -13.2. The Kier molecular flexibility index (Phi) is 44.4. The minimum atomic E-state index is -2.18. The number of aliphatic hydroxyl groups is 1. The third-order valence-electron chi connectivity index (χ3n) is 21.6. The fraction of sp³-hybridized carbons (Fsp3) is 0.540. The highest BCUT2D eigenvalue weighted by molar-refractivity contribution is 7.98. The monoisotopic (exact) mass is 1870 g/mol. The first kappa shape index (κ1) is 108. The lowest BCUT2D eigenvalue weighted by Gasteiger charge is -2.32. The number of H-pyrrole nitrogens is 1. The lowest BCUT2D eigenvalue weighted by atomic mass is 9.98. The summed E-state index contributed by atoms with van der Waals surface area (Å²) in [5.41, 5.74) is 12.6. The highest BCUT2D eigenvalue weighted by Crippen LogP contribution is 2.24. The molecular formula is C87H123N19O25S. The number of aromatic amines is 1. The van der Waals surface area contributed by atoms with Gasteiger partial charge in [0.2, 0.25) is 88.6 Å². The van der Waals surface area contributed by atoms with Crippen LogP contribution in [0.25, 0.3) is 0 Å². The van der Waals surface area contributed by atoms with E-state index in [9.17, 15) is 112 Å². The molecule has 2 fully saturated rings. The molecule has 0 aliphatic carbocycles. The highest BCUT2D eigenvalue weighted by Gasteiger charge is 2.45. The van der Waals surface area contributed by atoms with E-state index < -0.39 is 267 Å². The zero-order valence-corrected chi connectivity index (χ0v) is 75.2. The minimum absolute atomic E-state index is 0.00941. The molecule has 2 aliphatic rings. The van der Waals surface area contributed by atoms with Crippen molar-refractivity contribution in [3.05, 3.63) is 120 Å². The van der Waals surface area contributed by atoms with Gasteiger partial charge in [0, 0.05) is 51.4 Å². The summed E-state index contributed by atoms with van der Waals surface area (Å²) in [5, 5.41) is 93.7. The first-order valence-corrected chi connectivity index (χ1v) is 44.9. The zero-order valence-electron chi connectivity index (χ0n) is 74.4. The second-order valence-corrected chi connectivity index (χ2v) is 34.1. The SMILES string of the molecule is CSCC[C@H](NC(=O)CN)C(=O)NCC(=O)N[C@@H](CCCCN)C(=O)N[C@@H](CC(=O)O)C(=O)N[C@@H](CC(=O)O)C(=O)N[C@@H](Cc1c[nH]cn1)C(=O)N[C@@H](Cc1ccc(O)cc1)C(=O)N[C@@H](CC(C)C)C(=O)N[C@@H](CC(C)C)C(=O)N[C@@H](CCC(=O)O)C(=O)N[C@@H](Cc1ccccc1)C(=O)N1CCC[C@H]1C(=O)N[C@H](C(=O)N[C@@H](Cc1ccccc1)C(=O)N1CCC[C@H]1C(=O)O)[C@@H](C)O.